The highest BCUT2D eigenvalue weighted by Gasteiger charge is 2.17. The fourth-order valence-corrected chi connectivity index (χ4v) is 2.23. The molecule has 0 aliphatic heterocycles. The first-order chi connectivity index (χ1) is 9.08. The maximum atomic E-state index is 12.1. The van der Waals surface area contributed by atoms with E-state index in [1.807, 2.05) is 26.1 Å². The number of rotatable bonds is 4. The van der Waals surface area contributed by atoms with Gasteiger partial charge in [-0.2, -0.15) is 0 Å². The molecule has 0 aliphatic carbocycles. The number of hydrogen-bond acceptors (Lipinski definition) is 5. The Kier molecular flexibility index (Phi) is 4.06. The average molecular weight is 277 g/mol. The highest BCUT2D eigenvalue weighted by atomic mass is 32.2. The van der Waals surface area contributed by atoms with Crippen molar-refractivity contribution in [2.45, 2.75) is 17.3 Å². The Labute approximate surface area is 115 Å². The first kappa shape index (κ1) is 13.4. The monoisotopic (exact) mass is 277 g/mol. The van der Waals surface area contributed by atoms with E-state index in [9.17, 15) is 4.79 Å². The van der Waals surface area contributed by atoms with Gasteiger partial charge in [0.25, 0.3) is 0 Å². The summed E-state index contributed by atoms with van der Waals surface area (Å²) in [6.07, 6.45) is 1.60. The number of anilines is 2. The molecule has 100 valence electrons. The van der Waals surface area contributed by atoms with Crippen molar-refractivity contribution in [2.24, 2.45) is 7.05 Å². The Balaban J connectivity index is 2.00. The Morgan fingerprint density at radius 3 is 2.84 bits per heavy atom. The summed E-state index contributed by atoms with van der Waals surface area (Å²) in [6.45, 7) is 1.81. The van der Waals surface area contributed by atoms with Crippen LogP contribution in [-0.4, -0.2) is 25.9 Å². The normalized spacial score (nSPS) is 12.1. The molecule has 6 nitrogen and oxygen atoms in total. The van der Waals surface area contributed by atoms with E-state index >= 15 is 0 Å². The number of aromatic nitrogens is 3. The van der Waals surface area contributed by atoms with Gasteiger partial charge in [0.05, 0.1) is 16.6 Å². The summed E-state index contributed by atoms with van der Waals surface area (Å²) in [7, 11) is 1.84. The van der Waals surface area contributed by atoms with Gasteiger partial charge in [0.2, 0.25) is 5.91 Å². The molecule has 0 aliphatic rings. The summed E-state index contributed by atoms with van der Waals surface area (Å²) in [5.74, 6) is -0.120. The van der Waals surface area contributed by atoms with Crippen LogP contribution in [0.2, 0.25) is 0 Å². The lowest BCUT2D eigenvalue weighted by Gasteiger charge is -2.12. The number of nitrogens with two attached hydrogens (primary N) is 1. The zero-order chi connectivity index (χ0) is 13.8. The lowest BCUT2D eigenvalue weighted by molar-refractivity contribution is -0.115. The minimum absolute atomic E-state index is 0.120. The SMILES string of the molecule is CC(Sc1nncn1C)C(=O)Nc1ccccc1N. The third-order valence-corrected chi connectivity index (χ3v) is 3.69. The number of nitrogens with one attached hydrogen (secondary N) is 1. The molecular weight excluding hydrogens is 262 g/mol. The van der Waals surface area contributed by atoms with E-state index in [0.717, 1.165) is 0 Å². The van der Waals surface area contributed by atoms with E-state index in [-0.39, 0.29) is 11.2 Å². The van der Waals surface area contributed by atoms with Crippen LogP contribution in [0.3, 0.4) is 0 Å². The van der Waals surface area contributed by atoms with Gasteiger partial charge in [-0.3, -0.25) is 4.79 Å². The van der Waals surface area contributed by atoms with Gasteiger partial charge in [0.15, 0.2) is 5.16 Å². The predicted octanol–water partition coefficient (Wildman–Crippen LogP) is 1.52. The zero-order valence-electron chi connectivity index (χ0n) is 10.7. The van der Waals surface area contributed by atoms with E-state index in [0.29, 0.717) is 16.5 Å². The molecule has 0 spiro atoms. The number of benzene rings is 1. The lowest BCUT2D eigenvalue weighted by Crippen LogP contribution is -2.23. The minimum atomic E-state index is -0.289. The molecule has 2 rings (SSSR count). The smallest absolute Gasteiger partial charge is 0.237 e. The minimum Gasteiger partial charge on any atom is -0.397 e. The first-order valence-electron chi connectivity index (χ1n) is 5.74. The average Bonchev–Trinajstić information content (AvgIpc) is 2.78. The Bertz CT molecular complexity index is 583. The third-order valence-electron chi connectivity index (χ3n) is 2.54. The maximum absolute atomic E-state index is 12.1. The molecule has 19 heavy (non-hydrogen) atoms. The van der Waals surface area contributed by atoms with E-state index in [1.165, 1.54) is 11.8 Å². The van der Waals surface area contributed by atoms with Crippen LogP contribution in [0.4, 0.5) is 11.4 Å². The predicted molar refractivity (Wildman–Crippen MR) is 75.8 cm³/mol. The van der Waals surface area contributed by atoms with Crippen LogP contribution in [0.25, 0.3) is 0 Å². The van der Waals surface area contributed by atoms with Crippen molar-refractivity contribution in [1.29, 1.82) is 0 Å². The van der Waals surface area contributed by atoms with Crippen LogP contribution in [-0.2, 0) is 11.8 Å². The molecular formula is C12H15N5OS. The molecule has 3 N–H and O–H groups in total. The number of amides is 1. The van der Waals surface area contributed by atoms with Crippen molar-refractivity contribution in [3.63, 3.8) is 0 Å². The van der Waals surface area contributed by atoms with Gasteiger partial charge in [0.1, 0.15) is 6.33 Å². The largest absolute Gasteiger partial charge is 0.397 e. The molecule has 0 saturated heterocycles. The van der Waals surface area contributed by atoms with Crippen molar-refractivity contribution >= 4 is 29.0 Å². The van der Waals surface area contributed by atoms with E-state index in [2.05, 4.69) is 15.5 Å². The Hall–Kier alpha value is -2.02. The van der Waals surface area contributed by atoms with Crippen LogP contribution in [0.1, 0.15) is 6.92 Å². The summed E-state index contributed by atoms with van der Waals surface area (Å²) in [5, 5.41) is 10.9. The molecule has 7 heteroatoms. The van der Waals surface area contributed by atoms with Crippen molar-refractivity contribution in [1.82, 2.24) is 14.8 Å². The van der Waals surface area contributed by atoms with Gasteiger partial charge in [0, 0.05) is 7.05 Å². The number of nitrogens with zero attached hydrogens (tertiary/aromatic N) is 3. The first-order valence-corrected chi connectivity index (χ1v) is 6.62. The van der Waals surface area contributed by atoms with Gasteiger partial charge >= 0.3 is 0 Å². The van der Waals surface area contributed by atoms with Crippen molar-refractivity contribution < 1.29 is 4.79 Å². The third kappa shape index (κ3) is 3.25. The fraction of sp³-hybridized carbons (Fsp3) is 0.250. The second-order valence-electron chi connectivity index (χ2n) is 4.06. The second-order valence-corrected chi connectivity index (χ2v) is 5.37. The van der Waals surface area contributed by atoms with Crippen molar-refractivity contribution in [2.75, 3.05) is 11.1 Å². The van der Waals surface area contributed by atoms with Crippen LogP contribution >= 0.6 is 11.8 Å². The van der Waals surface area contributed by atoms with Crippen LogP contribution < -0.4 is 11.1 Å². The number of carbonyl (C=O) groups excluding carboxylic acids is 1. The molecule has 1 heterocycles. The number of carbonyl (C=O) groups is 1. The molecule has 1 unspecified atom stereocenters. The number of hydrogen-bond donors (Lipinski definition) is 2. The summed E-state index contributed by atoms with van der Waals surface area (Å²) in [4.78, 5) is 12.1. The number of aryl methyl sites for hydroxylation is 1. The van der Waals surface area contributed by atoms with E-state index < -0.39 is 0 Å². The molecule has 0 saturated carbocycles. The Morgan fingerprint density at radius 1 is 1.47 bits per heavy atom. The molecule has 1 amide bonds. The second kappa shape index (κ2) is 5.75. The van der Waals surface area contributed by atoms with Crippen LogP contribution in [0, 0.1) is 0 Å². The van der Waals surface area contributed by atoms with Gasteiger partial charge in [-0.25, -0.2) is 0 Å². The molecule has 0 bridgehead atoms. The molecule has 1 atom stereocenters. The molecule has 2 aromatic rings. The van der Waals surface area contributed by atoms with Gasteiger partial charge in [-0.15, -0.1) is 10.2 Å². The standard InChI is InChI=1S/C12H15N5OS/c1-8(19-12-16-14-7-17(12)2)11(18)15-10-6-4-3-5-9(10)13/h3-8H,13H2,1-2H3,(H,15,18). The van der Waals surface area contributed by atoms with E-state index in [1.54, 1.807) is 23.0 Å². The summed E-state index contributed by atoms with van der Waals surface area (Å²) in [5.41, 5.74) is 6.95. The van der Waals surface area contributed by atoms with Crippen molar-refractivity contribution in [3.8, 4) is 0 Å². The number of thioether (sulfide) groups is 1. The highest BCUT2D eigenvalue weighted by molar-refractivity contribution is 8.00. The summed E-state index contributed by atoms with van der Waals surface area (Å²) in [6, 6.07) is 7.16. The summed E-state index contributed by atoms with van der Waals surface area (Å²) < 4.78 is 1.77. The van der Waals surface area contributed by atoms with Crippen LogP contribution in [0.15, 0.2) is 35.7 Å². The fourth-order valence-electron chi connectivity index (χ4n) is 1.44. The van der Waals surface area contributed by atoms with Gasteiger partial charge in [-0.05, 0) is 19.1 Å². The molecule has 0 radical (unpaired) electrons. The molecule has 1 aromatic heterocycles. The quantitative estimate of drug-likeness (QED) is 0.653. The van der Waals surface area contributed by atoms with Gasteiger partial charge < -0.3 is 15.6 Å². The lowest BCUT2D eigenvalue weighted by atomic mass is 10.2. The van der Waals surface area contributed by atoms with Crippen LogP contribution in [0.5, 0.6) is 0 Å². The van der Waals surface area contributed by atoms with E-state index in [4.69, 9.17) is 5.73 Å². The summed E-state index contributed by atoms with van der Waals surface area (Å²) >= 11 is 1.35. The van der Waals surface area contributed by atoms with Crippen molar-refractivity contribution in [3.05, 3.63) is 30.6 Å². The Morgan fingerprint density at radius 2 is 2.21 bits per heavy atom. The van der Waals surface area contributed by atoms with Gasteiger partial charge in [-0.1, -0.05) is 23.9 Å². The zero-order valence-corrected chi connectivity index (χ0v) is 11.5. The molecule has 1 aromatic carbocycles. The number of para-hydroxylation sites is 2. The topological polar surface area (TPSA) is 85.8 Å². The maximum Gasteiger partial charge on any atom is 0.237 e. The number of nitrogen functional groups attached to an aromatic ring is 1. The highest BCUT2D eigenvalue weighted by Crippen LogP contribution is 2.23. The molecule has 0 fully saturated rings.